The number of halogens is 1. The molecule has 6 heteroatoms. The van der Waals surface area contributed by atoms with Crippen molar-refractivity contribution in [1.82, 2.24) is 9.55 Å². The molecule has 0 amide bonds. The Bertz CT molecular complexity index is 581. The maximum atomic E-state index is 11.3. The number of hydrogen-bond acceptors (Lipinski definition) is 4. The minimum absolute atomic E-state index is 0.172. The highest BCUT2D eigenvalue weighted by Gasteiger charge is 2.10. The number of imidazole rings is 1. The van der Waals surface area contributed by atoms with Gasteiger partial charge in [-0.05, 0) is 32.0 Å². The van der Waals surface area contributed by atoms with E-state index in [0.717, 1.165) is 5.69 Å². The van der Waals surface area contributed by atoms with Gasteiger partial charge in [0.25, 0.3) is 0 Å². The molecule has 0 aliphatic carbocycles. The summed E-state index contributed by atoms with van der Waals surface area (Å²) in [5.41, 5.74) is 0.826. The van der Waals surface area contributed by atoms with Gasteiger partial charge >= 0.3 is 6.16 Å². The number of carbonyl (C=O) groups is 1. The largest absolute Gasteiger partial charge is 0.515 e. The number of rotatable bonds is 3. The molecule has 0 fully saturated rings. The van der Waals surface area contributed by atoms with Crippen LogP contribution in [-0.2, 0) is 4.74 Å². The Morgan fingerprint density at radius 2 is 2.21 bits per heavy atom. The van der Waals surface area contributed by atoms with E-state index in [0.29, 0.717) is 5.02 Å². The van der Waals surface area contributed by atoms with Crippen LogP contribution in [0.15, 0.2) is 36.8 Å². The zero-order valence-electron chi connectivity index (χ0n) is 10.5. The average Bonchev–Trinajstić information content (AvgIpc) is 2.76. The molecule has 0 aliphatic rings. The first-order valence-corrected chi connectivity index (χ1v) is 6.11. The summed E-state index contributed by atoms with van der Waals surface area (Å²) in [6.45, 7) is 3.48. The quantitative estimate of drug-likeness (QED) is 0.808. The molecule has 0 N–H and O–H groups in total. The van der Waals surface area contributed by atoms with E-state index in [1.165, 1.54) is 6.33 Å². The average molecular weight is 281 g/mol. The van der Waals surface area contributed by atoms with E-state index in [1.54, 1.807) is 36.7 Å². The lowest BCUT2D eigenvalue weighted by atomic mass is 10.3. The van der Waals surface area contributed by atoms with E-state index in [2.05, 4.69) is 4.98 Å². The summed E-state index contributed by atoms with van der Waals surface area (Å²) < 4.78 is 11.5. The van der Waals surface area contributed by atoms with Gasteiger partial charge in [0.15, 0.2) is 0 Å². The molecule has 0 radical (unpaired) electrons. The first kappa shape index (κ1) is 13.4. The molecule has 100 valence electrons. The molecule has 2 rings (SSSR count). The molecule has 1 heterocycles. The number of carbonyl (C=O) groups excluding carboxylic acids is 1. The van der Waals surface area contributed by atoms with E-state index in [9.17, 15) is 4.79 Å². The monoisotopic (exact) mass is 280 g/mol. The van der Waals surface area contributed by atoms with Gasteiger partial charge < -0.3 is 14.0 Å². The first-order chi connectivity index (χ1) is 9.04. The van der Waals surface area contributed by atoms with Crippen LogP contribution in [-0.4, -0.2) is 21.8 Å². The lowest BCUT2D eigenvalue weighted by molar-refractivity contribution is 0.0717. The molecule has 0 spiro atoms. The third kappa shape index (κ3) is 3.72. The summed E-state index contributed by atoms with van der Waals surface area (Å²) in [6, 6.07) is 7.24. The standard InChI is InChI=1S/C13H13ClN2O3/c1-9(2)18-13(17)19-12-7-16(8-15-12)11-5-3-4-10(14)6-11/h3-9H,1-2H3. The predicted molar refractivity (Wildman–Crippen MR) is 70.8 cm³/mol. The van der Waals surface area contributed by atoms with Crippen molar-refractivity contribution in [1.29, 1.82) is 0 Å². The van der Waals surface area contributed by atoms with Crippen molar-refractivity contribution in [2.45, 2.75) is 20.0 Å². The van der Waals surface area contributed by atoms with Gasteiger partial charge in [0.05, 0.1) is 12.3 Å². The third-order valence-corrected chi connectivity index (χ3v) is 2.42. The highest BCUT2D eigenvalue weighted by atomic mass is 35.5. The van der Waals surface area contributed by atoms with Crippen LogP contribution in [0.25, 0.3) is 5.69 Å². The molecule has 0 atom stereocenters. The molecule has 19 heavy (non-hydrogen) atoms. The normalized spacial score (nSPS) is 10.5. The van der Waals surface area contributed by atoms with Gasteiger partial charge in [0, 0.05) is 10.7 Å². The van der Waals surface area contributed by atoms with Crippen molar-refractivity contribution in [2.75, 3.05) is 0 Å². The minimum atomic E-state index is -0.772. The van der Waals surface area contributed by atoms with E-state index >= 15 is 0 Å². The van der Waals surface area contributed by atoms with Crippen LogP contribution < -0.4 is 4.74 Å². The number of aromatic nitrogens is 2. The van der Waals surface area contributed by atoms with Crippen LogP contribution >= 0.6 is 11.6 Å². The van der Waals surface area contributed by atoms with Gasteiger partial charge in [0.2, 0.25) is 5.88 Å². The van der Waals surface area contributed by atoms with Gasteiger partial charge in [0.1, 0.15) is 6.33 Å². The van der Waals surface area contributed by atoms with Crippen LogP contribution in [0.2, 0.25) is 5.02 Å². The van der Waals surface area contributed by atoms with Crippen molar-refractivity contribution in [2.24, 2.45) is 0 Å². The fraction of sp³-hybridized carbons (Fsp3) is 0.231. The van der Waals surface area contributed by atoms with Crippen LogP contribution in [0.4, 0.5) is 4.79 Å². The van der Waals surface area contributed by atoms with Gasteiger partial charge in [-0.25, -0.2) is 9.78 Å². The molecule has 0 unspecified atom stereocenters. The smallest absolute Gasteiger partial charge is 0.431 e. The van der Waals surface area contributed by atoms with Crippen molar-refractivity contribution in [3.8, 4) is 11.6 Å². The van der Waals surface area contributed by atoms with Crippen molar-refractivity contribution in [3.05, 3.63) is 41.8 Å². The second-order valence-electron chi connectivity index (χ2n) is 4.12. The van der Waals surface area contributed by atoms with Gasteiger partial charge in [-0.2, -0.15) is 0 Å². The van der Waals surface area contributed by atoms with Gasteiger partial charge in [-0.3, -0.25) is 0 Å². The predicted octanol–water partition coefficient (Wildman–Crippen LogP) is 3.45. The van der Waals surface area contributed by atoms with Crippen LogP contribution in [0.1, 0.15) is 13.8 Å². The Hall–Kier alpha value is -2.01. The molecule has 0 bridgehead atoms. The Kier molecular flexibility index (Phi) is 4.06. The number of benzene rings is 1. The van der Waals surface area contributed by atoms with Crippen LogP contribution in [0.3, 0.4) is 0 Å². The second-order valence-corrected chi connectivity index (χ2v) is 4.55. The van der Waals surface area contributed by atoms with Crippen molar-refractivity contribution >= 4 is 17.8 Å². The summed E-state index contributed by atoms with van der Waals surface area (Å²) in [6.07, 6.45) is 2.10. The summed E-state index contributed by atoms with van der Waals surface area (Å²) in [5, 5.41) is 0.618. The highest BCUT2D eigenvalue weighted by molar-refractivity contribution is 6.30. The zero-order valence-corrected chi connectivity index (χ0v) is 11.3. The fourth-order valence-corrected chi connectivity index (χ4v) is 1.62. The molecule has 1 aromatic carbocycles. The third-order valence-electron chi connectivity index (χ3n) is 2.19. The molecule has 0 saturated heterocycles. The number of ether oxygens (including phenoxy) is 2. The summed E-state index contributed by atoms with van der Waals surface area (Å²) in [4.78, 5) is 15.3. The molecule has 0 aliphatic heterocycles. The SMILES string of the molecule is CC(C)OC(=O)Oc1cn(-c2cccc(Cl)c2)cn1. The zero-order chi connectivity index (χ0) is 13.8. The lowest BCUT2D eigenvalue weighted by Crippen LogP contribution is -2.15. The Morgan fingerprint density at radius 3 is 2.89 bits per heavy atom. The topological polar surface area (TPSA) is 53.4 Å². The number of nitrogens with zero attached hydrogens (tertiary/aromatic N) is 2. The maximum Gasteiger partial charge on any atom is 0.515 e. The molecular weight excluding hydrogens is 268 g/mol. The first-order valence-electron chi connectivity index (χ1n) is 5.73. The summed E-state index contributed by atoms with van der Waals surface area (Å²) in [7, 11) is 0. The van der Waals surface area contributed by atoms with E-state index in [4.69, 9.17) is 21.1 Å². The molecule has 2 aromatic rings. The summed E-state index contributed by atoms with van der Waals surface area (Å²) >= 11 is 5.90. The minimum Gasteiger partial charge on any atom is -0.431 e. The Labute approximate surface area is 115 Å². The van der Waals surface area contributed by atoms with Gasteiger partial charge in [-0.1, -0.05) is 17.7 Å². The van der Waals surface area contributed by atoms with Crippen molar-refractivity contribution in [3.63, 3.8) is 0 Å². The van der Waals surface area contributed by atoms with Crippen LogP contribution in [0, 0.1) is 0 Å². The van der Waals surface area contributed by atoms with Gasteiger partial charge in [-0.15, -0.1) is 0 Å². The molecule has 0 saturated carbocycles. The molecular formula is C13H13ClN2O3. The fourth-order valence-electron chi connectivity index (χ4n) is 1.44. The summed E-state index contributed by atoms with van der Waals surface area (Å²) in [5.74, 6) is 0.172. The maximum absolute atomic E-state index is 11.3. The van der Waals surface area contributed by atoms with Crippen molar-refractivity contribution < 1.29 is 14.3 Å². The second kappa shape index (κ2) is 5.75. The van der Waals surface area contributed by atoms with E-state index < -0.39 is 6.16 Å². The molecule has 5 nitrogen and oxygen atoms in total. The Morgan fingerprint density at radius 1 is 1.42 bits per heavy atom. The highest BCUT2D eigenvalue weighted by Crippen LogP contribution is 2.17. The number of hydrogen-bond donors (Lipinski definition) is 0. The lowest BCUT2D eigenvalue weighted by Gasteiger charge is -2.06. The van der Waals surface area contributed by atoms with Crippen LogP contribution in [0.5, 0.6) is 5.88 Å². The molecule has 1 aromatic heterocycles. The van der Waals surface area contributed by atoms with E-state index in [-0.39, 0.29) is 12.0 Å². The van der Waals surface area contributed by atoms with E-state index in [1.807, 2.05) is 12.1 Å². The Balaban J connectivity index is 2.09.